The van der Waals surface area contributed by atoms with Gasteiger partial charge in [0.25, 0.3) is 5.91 Å². The second kappa shape index (κ2) is 11.6. The minimum atomic E-state index is -0.0242. The van der Waals surface area contributed by atoms with E-state index in [-0.39, 0.29) is 29.9 Å². The molecule has 3 heterocycles. The van der Waals surface area contributed by atoms with E-state index in [1.807, 2.05) is 4.90 Å². The smallest absolute Gasteiger partial charge is 0.289 e. The molecule has 0 unspecified atom stereocenters. The van der Waals surface area contributed by atoms with Gasteiger partial charge in [-0.05, 0) is 64.4 Å². The summed E-state index contributed by atoms with van der Waals surface area (Å²) in [7, 11) is 2.20. The summed E-state index contributed by atoms with van der Waals surface area (Å²) in [5, 5.41) is 3.41. The number of halogens is 1. The summed E-state index contributed by atoms with van der Waals surface area (Å²) in [5.74, 6) is 2.18. The van der Waals surface area contributed by atoms with Gasteiger partial charge < -0.3 is 24.4 Å². The number of carbonyl (C=O) groups excluding carboxylic acids is 1. The minimum absolute atomic E-state index is 0. The number of hydrogen-bond donors (Lipinski definition) is 1. The first-order valence-corrected chi connectivity index (χ1v) is 10.2. The molecule has 0 spiro atoms. The third-order valence-electron chi connectivity index (χ3n) is 5.57. The van der Waals surface area contributed by atoms with Gasteiger partial charge >= 0.3 is 0 Å². The molecule has 0 bridgehead atoms. The quantitative estimate of drug-likeness (QED) is 0.380. The predicted molar refractivity (Wildman–Crippen MR) is 122 cm³/mol. The van der Waals surface area contributed by atoms with Crippen molar-refractivity contribution in [3.63, 3.8) is 0 Å². The van der Waals surface area contributed by atoms with Crippen LogP contribution in [-0.4, -0.2) is 86.0 Å². The molecule has 2 fully saturated rings. The summed E-state index contributed by atoms with van der Waals surface area (Å²) in [6.45, 7) is 9.24. The van der Waals surface area contributed by atoms with E-state index in [1.54, 1.807) is 18.4 Å². The zero-order chi connectivity index (χ0) is 19.1. The van der Waals surface area contributed by atoms with Crippen LogP contribution in [0.4, 0.5) is 0 Å². The lowest BCUT2D eigenvalue weighted by atomic mass is 9.94. The van der Waals surface area contributed by atoms with Gasteiger partial charge in [0.15, 0.2) is 11.7 Å². The summed E-state index contributed by atoms with van der Waals surface area (Å²) >= 11 is 0. The molecule has 7 nitrogen and oxygen atoms in total. The number of carbonyl (C=O) groups is 1. The molecule has 0 aromatic carbocycles. The lowest BCUT2D eigenvalue weighted by Crippen LogP contribution is -2.53. The largest absolute Gasteiger partial charge is 0.459 e. The number of guanidine groups is 1. The van der Waals surface area contributed by atoms with Gasteiger partial charge in [0.1, 0.15) is 0 Å². The molecule has 0 saturated carbocycles. The number of nitrogens with one attached hydrogen (secondary N) is 1. The molecule has 28 heavy (non-hydrogen) atoms. The van der Waals surface area contributed by atoms with Crippen LogP contribution in [0.2, 0.25) is 0 Å². The van der Waals surface area contributed by atoms with Crippen molar-refractivity contribution in [3.8, 4) is 0 Å². The predicted octanol–water partition coefficient (Wildman–Crippen LogP) is 2.35. The summed E-state index contributed by atoms with van der Waals surface area (Å²) in [6.07, 6.45) is 5.29. The van der Waals surface area contributed by atoms with Gasteiger partial charge in [-0.1, -0.05) is 0 Å². The first kappa shape index (κ1) is 23.0. The van der Waals surface area contributed by atoms with Crippen LogP contribution in [0.5, 0.6) is 0 Å². The summed E-state index contributed by atoms with van der Waals surface area (Å²) in [4.78, 5) is 23.8. The van der Waals surface area contributed by atoms with E-state index >= 15 is 0 Å². The number of likely N-dealkylation sites (tertiary alicyclic amines) is 1. The van der Waals surface area contributed by atoms with Gasteiger partial charge in [0.2, 0.25) is 0 Å². The van der Waals surface area contributed by atoms with Crippen molar-refractivity contribution < 1.29 is 9.21 Å². The van der Waals surface area contributed by atoms with Crippen LogP contribution < -0.4 is 5.32 Å². The molecular weight excluding hydrogens is 469 g/mol. The number of hydrogen-bond acceptors (Lipinski definition) is 4. The highest BCUT2D eigenvalue weighted by Gasteiger charge is 2.25. The molecule has 2 aliphatic rings. The Balaban J connectivity index is 0.00000280. The summed E-state index contributed by atoms with van der Waals surface area (Å²) in [6, 6.07) is 3.48. The van der Waals surface area contributed by atoms with Gasteiger partial charge in [0.05, 0.1) is 6.26 Å². The fourth-order valence-corrected chi connectivity index (χ4v) is 3.81. The monoisotopic (exact) mass is 503 g/mol. The van der Waals surface area contributed by atoms with E-state index in [9.17, 15) is 4.79 Å². The molecule has 3 rings (SSSR count). The number of rotatable bonds is 5. The maximum absolute atomic E-state index is 12.4. The Morgan fingerprint density at radius 3 is 2.46 bits per heavy atom. The first-order chi connectivity index (χ1) is 13.2. The van der Waals surface area contributed by atoms with Gasteiger partial charge in [-0.3, -0.25) is 9.79 Å². The zero-order valence-corrected chi connectivity index (χ0v) is 19.4. The molecule has 0 atom stereocenters. The third-order valence-corrected chi connectivity index (χ3v) is 5.57. The average Bonchev–Trinajstić information content (AvgIpc) is 3.23. The Hall–Kier alpha value is -1.29. The Morgan fingerprint density at radius 1 is 1.18 bits per heavy atom. The molecule has 1 amide bonds. The highest BCUT2D eigenvalue weighted by atomic mass is 127. The van der Waals surface area contributed by atoms with Crippen molar-refractivity contribution in [2.24, 2.45) is 10.9 Å². The van der Waals surface area contributed by atoms with E-state index in [4.69, 9.17) is 9.41 Å². The average molecular weight is 503 g/mol. The Labute approximate surface area is 185 Å². The van der Waals surface area contributed by atoms with E-state index < -0.39 is 0 Å². The maximum atomic E-state index is 12.4. The number of furan rings is 1. The molecule has 0 aliphatic carbocycles. The van der Waals surface area contributed by atoms with Crippen LogP contribution in [0, 0.1) is 5.92 Å². The van der Waals surface area contributed by atoms with Crippen molar-refractivity contribution in [1.82, 2.24) is 20.0 Å². The van der Waals surface area contributed by atoms with Crippen LogP contribution in [0.15, 0.2) is 27.8 Å². The van der Waals surface area contributed by atoms with Gasteiger partial charge in [-0.25, -0.2) is 0 Å². The van der Waals surface area contributed by atoms with Crippen LogP contribution in [-0.2, 0) is 0 Å². The molecule has 1 N–H and O–H groups in total. The van der Waals surface area contributed by atoms with Gasteiger partial charge in [-0.2, -0.15) is 0 Å². The Kier molecular flexibility index (Phi) is 9.57. The standard InChI is InChI=1S/C20H33N5O2.HI/c1-3-21-20(22-9-6-17-7-10-23(2)11-8-17)25-14-12-24(13-15-25)19(26)18-5-4-16-27-18;/h4-5,16-17H,3,6-15H2,1-2H3,(H,21,22);1H. The topological polar surface area (TPSA) is 64.3 Å². The highest BCUT2D eigenvalue weighted by Crippen LogP contribution is 2.19. The number of piperidine rings is 1. The number of nitrogens with zero attached hydrogens (tertiary/aromatic N) is 4. The molecule has 8 heteroatoms. The van der Waals surface area contributed by atoms with E-state index in [1.165, 1.54) is 32.4 Å². The fraction of sp³-hybridized carbons (Fsp3) is 0.700. The van der Waals surface area contributed by atoms with Crippen LogP contribution >= 0.6 is 24.0 Å². The lowest BCUT2D eigenvalue weighted by Gasteiger charge is -2.36. The lowest BCUT2D eigenvalue weighted by molar-refractivity contribution is 0.0657. The normalized spacial score (nSPS) is 19.4. The van der Waals surface area contributed by atoms with Crippen LogP contribution in [0.3, 0.4) is 0 Å². The van der Waals surface area contributed by atoms with Crippen LogP contribution in [0.25, 0.3) is 0 Å². The fourth-order valence-electron chi connectivity index (χ4n) is 3.81. The first-order valence-electron chi connectivity index (χ1n) is 10.2. The maximum Gasteiger partial charge on any atom is 0.289 e. The Bertz CT molecular complexity index is 606. The minimum Gasteiger partial charge on any atom is -0.459 e. The second-order valence-corrected chi connectivity index (χ2v) is 7.53. The van der Waals surface area contributed by atoms with E-state index in [0.29, 0.717) is 18.8 Å². The molecular formula is C20H34IN5O2. The summed E-state index contributed by atoms with van der Waals surface area (Å²) < 4.78 is 5.23. The second-order valence-electron chi connectivity index (χ2n) is 7.53. The van der Waals surface area contributed by atoms with Crippen molar-refractivity contribution >= 4 is 35.8 Å². The number of amides is 1. The van der Waals surface area contributed by atoms with Gasteiger partial charge in [0, 0.05) is 39.3 Å². The number of piperazine rings is 1. The van der Waals surface area contributed by atoms with Crippen molar-refractivity contribution in [2.75, 3.05) is 59.4 Å². The molecule has 1 aromatic rings. The van der Waals surface area contributed by atoms with Crippen LogP contribution in [0.1, 0.15) is 36.7 Å². The number of aliphatic imine (C=N–C) groups is 1. The SMILES string of the molecule is CCNC(=NCCC1CCN(C)CC1)N1CCN(C(=O)c2ccco2)CC1.I. The van der Waals surface area contributed by atoms with Crippen molar-refractivity contribution in [1.29, 1.82) is 0 Å². The molecule has 158 valence electrons. The van der Waals surface area contributed by atoms with Gasteiger partial charge in [-0.15, -0.1) is 24.0 Å². The zero-order valence-electron chi connectivity index (χ0n) is 17.1. The molecule has 1 aromatic heterocycles. The molecule has 2 saturated heterocycles. The molecule has 2 aliphatic heterocycles. The van der Waals surface area contributed by atoms with Crippen molar-refractivity contribution in [2.45, 2.75) is 26.2 Å². The van der Waals surface area contributed by atoms with E-state index in [2.05, 4.69) is 29.1 Å². The summed E-state index contributed by atoms with van der Waals surface area (Å²) in [5.41, 5.74) is 0. The molecule has 0 radical (unpaired) electrons. The highest BCUT2D eigenvalue weighted by molar-refractivity contribution is 14.0. The van der Waals surface area contributed by atoms with Crippen molar-refractivity contribution in [3.05, 3.63) is 24.2 Å². The third kappa shape index (κ3) is 6.37. The Morgan fingerprint density at radius 2 is 1.86 bits per heavy atom. The van der Waals surface area contributed by atoms with E-state index in [0.717, 1.165) is 38.1 Å².